The number of halogens is 1. The van der Waals surface area contributed by atoms with Crippen LogP contribution in [0.1, 0.15) is 15.9 Å². The SMILES string of the molecule is O=C(NC(Cc1ccccc1)C(=O)Nc1ccc(SNC2COC2)nc1)c1ccc(F)cc1. The Balaban J connectivity index is 1.41. The van der Waals surface area contributed by atoms with Gasteiger partial charge in [0.1, 0.15) is 16.9 Å². The number of ether oxygens (including phenoxy) is 1. The van der Waals surface area contributed by atoms with E-state index in [2.05, 4.69) is 20.3 Å². The van der Waals surface area contributed by atoms with Gasteiger partial charge in [-0.3, -0.25) is 14.3 Å². The summed E-state index contributed by atoms with van der Waals surface area (Å²) in [6.45, 7) is 1.38. The number of carbonyl (C=O) groups is 2. The lowest BCUT2D eigenvalue weighted by Crippen LogP contribution is -2.45. The predicted octanol–water partition coefficient (Wildman–Crippen LogP) is 3.20. The molecule has 1 aromatic heterocycles. The molecule has 33 heavy (non-hydrogen) atoms. The van der Waals surface area contributed by atoms with E-state index in [-0.39, 0.29) is 11.5 Å². The van der Waals surface area contributed by atoms with Crippen molar-refractivity contribution in [2.24, 2.45) is 0 Å². The summed E-state index contributed by atoms with van der Waals surface area (Å²) in [6.07, 6.45) is 1.87. The van der Waals surface area contributed by atoms with Gasteiger partial charge in [0.15, 0.2) is 0 Å². The van der Waals surface area contributed by atoms with Crippen LogP contribution in [0.4, 0.5) is 10.1 Å². The van der Waals surface area contributed by atoms with Crippen LogP contribution in [-0.4, -0.2) is 42.1 Å². The highest BCUT2D eigenvalue weighted by Crippen LogP contribution is 2.17. The highest BCUT2D eigenvalue weighted by molar-refractivity contribution is 7.97. The number of hydrogen-bond acceptors (Lipinski definition) is 6. The van der Waals surface area contributed by atoms with Gasteiger partial charge >= 0.3 is 0 Å². The third-order valence-corrected chi connectivity index (χ3v) is 5.88. The molecule has 9 heteroatoms. The maximum Gasteiger partial charge on any atom is 0.251 e. The number of benzene rings is 2. The largest absolute Gasteiger partial charge is 0.378 e. The van der Waals surface area contributed by atoms with Crippen molar-refractivity contribution < 1.29 is 18.7 Å². The number of anilines is 1. The summed E-state index contributed by atoms with van der Waals surface area (Å²) in [7, 11) is 0. The van der Waals surface area contributed by atoms with Gasteiger partial charge in [0.25, 0.3) is 5.91 Å². The molecule has 1 atom stereocenters. The van der Waals surface area contributed by atoms with Crippen LogP contribution in [0, 0.1) is 5.82 Å². The lowest BCUT2D eigenvalue weighted by molar-refractivity contribution is -0.118. The molecule has 0 aliphatic carbocycles. The zero-order chi connectivity index (χ0) is 23.0. The summed E-state index contributed by atoms with van der Waals surface area (Å²) in [5, 5.41) is 6.34. The molecule has 1 unspecified atom stereocenters. The van der Waals surface area contributed by atoms with Crippen molar-refractivity contribution in [3.05, 3.63) is 89.9 Å². The van der Waals surface area contributed by atoms with Crippen molar-refractivity contribution in [3.63, 3.8) is 0 Å². The lowest BCUT2D eigenvalue weighted by Gasteiger charge is -2.25. The molecule has 0 saturated carbocycles. The van der Waals surface area contributed by atoms with Gasteiger partial charge in [-0.05, 0) is 53.9 Å². The average molecular weight is 467 g/mol. The zero-order valence-electron chi connectivity index (χ0n) is 17.7. The highest BCUT2D eigenvalue weighted by atomic mass is 32.2. The molecule has 0 spiro atoms. The Bertz CT molecular complexity index is 1080. The van der Waals surface area contributed by atoms with Crippen molar-refractivity contribution in [2.75, 3.05) is 18.5 Å². The van der Waals surface area contributed by atoms with Gasteiger partial charge in [0.2, 0.25) is 5.91 Å². The number of aromatic nitrogens is 1. The normalized spacial score (nSPS) is 14.2. The summed E-state index contributed by atoms with van der Waals surface area (Å²) < 4.78 is 21.6. The third kappa shape index (κ3) is 6.61. The van der Waals surface area contributed by atoms with Crippen LogP contribution in [0.3, 0.4) is 0 Å². The second kappa shape index (κ2) is 11.0. The molecule has 1 aliphatic rings. The summed E-state index contributed by atoms with van der Waals surface area (Å²) in [4.78, 5) is 30.1. The smallest absolute Gasteiger partial charge is 0.251 e. The number of pyridine rings is 1. The fourth-order valence-electron chi connectivity index (χ4n) is 3.09. The Labute approximate surface area is 195 Å². The van der Waals surface area contributed by atoms with E-state index in [1.807, 2.05) is 30.3 Å². The van der Waals surface area contributed by atoms with Crippen LogP contribution >= 0.6 is 11.9 Å². The van der Waals surface area contributed by atoms with Crippen molar-refractivity contribution in [1.29, 1.82) is 0 Å². The molecule has 0 bridgehead atoms. The fourth-order valence-corrected chi connectivity index (χ4v) is 3.76. The van der Waals surface area contributed by atoms with E-state index < -0.39 is 17.8 Å². The van der Waals surface area contributed by atoms with Crippen LogP contribution in [-0.2, 0) is 16.0 Å². The Morgan fingerprint density at radius 1 is 1.06 bits per heavy atom. The quantitative estimate of drug-likeness (QED) is 0.420. The number of amides is 2. The van der Waals surface area contributed by atoms with Crippen molar-refractivity contribution >= 4 is 29.4 Å². The van der Waals surface area contributed by atoms with E-state index in [9.17, 15) is 14.0 Å². The van der Waals surface area contributed by atoms with Crippen molar-refractivity contribution in [3.8, 4) is 0 Å². The van der Waals surface area contributed by atoms with Gasteiger partial charge in [0, 0.05) is 12.0 Å². The van der Waals surface area contributed by atoms with Crippen LogP contribution in [0.15, 0.2) is 78.0 Å². The molecule has 1 aliphatic heterocycles. The van der Waals surface area contributed by atoms with Crippen LogP contribution < -0.4 is 15.4 Å². The van der Waals surface area contributed by atoms with Gasteiger partial charge < -0.3 is 15.4 Å². The average Bonchev–Trinajstić information content (AvgIpc) is 2.80. The van der Waals surface area contributed by atoms with Gasteiger partial charge in [-0.1, -0.05) is 30.3 Å². The summed E-state index contributed by atoms with van der Waals surface area (Å²) in [5.41, 5.74) is 1.69. The predicted molar refractivity (Wildman–Crippen MR) is 124 cm³/mol. The number of nitrogens with zero attached hydrogens (tertiary/aromatic N) is 1. The third-order valence-electron chi connectivity index (χ3n) is 4.98. The number of rotatable bonds is 9. The first kappa shape index (κ1) is 22.9. The first-order valence-electron chi connectivity index (χ1n) is 10.4. The molecule has 2 aromatic carbocycles. The first-order chi connectivity index (χ1) is 16.1. The standard InChI is InChI=1S/C24H23FN4O3S/c25-18-8-6-17(7-9-18)23(30)28-21(12-16-4-2-1-3-5-16)24(31)27-19-10-11-22(26-13-19)33-29-20-14-32-15-20/h1-11,13,20-21,29H,12,14-15H2,(H,27,31)(H,28,30). The maximum atomic E-state index is 13.2. The van der Waals surface area contributed by atoms with Crippen LogP contribution in [0.5, 0.6) is 0 Å². The second-order valence-corrected chi connectivity index (χ2v) is 8.41. The molecule has 3 N–H and O–H groups in total. The minimum Gasteiger partial charge on any atom is -0.378 e. The molecule has 3 aromatic rings. The molecular formula is C24H23FN4O3S. The Hall–Kier alpha value is -3.27. The lowest BCUT2D eigenvalue weighted by atomic mass is 10.0. The fraction of sp³-hybridized carbons (Fsp3) is 0.208. The van der Waals surface area contributed by atoms with E-state index in [0.29, 0.717) is 31.4 Å². The van der Waals surface area contributed by atoms with Crippen LogP contribution in [0.25, 0.3) is 0 Å². The van der Waals surface area contributed by atoms with Gasteiger partial charge in [-0.15, -0.1) is 0 Å². The van der Waals surface area contributed by atoms with Gasteiger partial charge in [-0.25, -0.2) is 9.37 Å². The molecule has 2 heterocycles. The van der Waals surface area contributed by atoms with Gasteiger partial charge in [0.05, 0.1) is 31.1 Å². The van der Waals surface area contributed by atoms with E-state index >= 15 is 0 Å². The maximum absolute atomic E-state index is 13.2. The summed E-state index contributed by atoms with van der Waals surface area (Å²) in [6, 6.07) is 17.6. The highest BCUT2D eigenvalue weighted by Gasteiger charge is 2.23. The molecular weight excluding hydrogens is 443 g/mol. The molecule has 2 amide bonds. The number of hydrogen-bond donors (Lipinski definition) is 3. The Morgan fingerprint density at radius 3 is 2.45 bits per heavy atom. The molecule has 170 valence electrons. The zero-order valence-corrected chi connectivity index (χ0v) is 18.5. The summed E-state index contributed by atoms with van der Waals surface area (Å²) in [5.74, 6) is -1.27. The monoisotopic (exact) mass is 466 g/mol. The molecule has 7 nitrogen and oxygen atoms in total. The first-order valence-corrected chi connectivity index (χ1v) is 11.3. The van der Waals surface area contributed by atoms with Gasteiger partial charge in [-0.2, -0.15) is 0 Å². The molecule has 1 fully saturated rings. The molecule has 4 rings (SSSR count). The van der Waals surface area contributed by atoms with E-state index in [0.717, 1.165) is 10.6 Å². The summed E-state index contributed by atoms with van der Waals surface area (Å²) >= 11 is 1.41. The van der Waals surface area contributed by atoms with E-state index in [1.165, 1.54) is 36.2 Å². The minimum atomic E-state index is -0.834. The topological polar surface area (TPSA) is 92.4 Å². The number of nitrogens with one attached hydrogen (secondary N) is 3. The van der Waals surface area contributed by atoms with E-state index in [4.69, 9.17) is 4.74 Å². The van der Waals surface area contributed by atoms with Crippen molar-refractivity contribution in [2.45, 2.75) is 23.5 Å². The number of carbonyl (C=O) groups excluding carboxylic acids is 2. The second-order valence-electron chi connectivity index (χ2n) is 7.55. The van der Waals surface area contributed by atoms with E-state index in [1.54, 1.807) is 18.3 Å². The Kier molecular flexibility index (Phi) is 7.66. The molecule has 1 saturated heterocycles. The minimum absolute atomic E-state index is 0.273. The molecule has 0 radical (unpaired) electrons. The Morgan fingerprint density at radius 2 is 1.82 bits per heavy atom. The van der Waals surface area contributed by atoms with Crippen LogP contribution in [0.2, 0.25) is 0 Å². The van der Waals surface area contributed by atoms with Crippen molar-refractivity contribution in [1.82, 2.24) is 15.0 Å².